The maximum atomic E-state index is 12.9. The van der Waals surface area contributed by atoms with Gasteiger partial charge in [0.15, 0.2) is 0 Å². The van der Waals surface area contributed by atoms with Crippen LogP contribution in [0.25, 0.3) is 11.0 Å². The van der Waals surface area contributed by atoms with Crippen molar-refractivity contribution < 1.29 is 13.9 Å². The van der Waals surface area contributed by atoms with E-state index in [1.165, 1.54) is 18.2 Å². The molecule has 0 aliphatic carbocycles. The molecule has 0 unspecified atom stereocenters. The molecule has 0 bridgehead atoms. The lowest BCUT2D eigenvalue weighted by atomic mass is 10.2. The van der Waals surface area contributed by atoms with Gasteiger partial charge in [0.25, 0.3) is 5.92 Å². The lowest BCUT2D eigenvalue weighted by Gasteiger charge is -2.09. The summed E-state index contributed by atoms with van der Waals surface area (Å²) in [5, 5.41) is 9.17. The number of aromatic nitrogens is 2. The van der Waals surface area contributed by atoms with Crippen molar-refractivity contribution in [3.05, 3.63) is 30.1 Å². The number of aromatic hydroxyl groups is 1. The van der Waals surface area contributed by atoms with Gasteiger partial charge in [0.05, 0.1) is 17.2 Å². The smallest absolute Gasteiger partial charge is 0.288 e. The van der Waals surface area contributed by atoms with E-state index < -0.39 is 11.6 Å². The van der Waals surface area contributed by atoms with Gasteiger partial charge in [0.1, 0.15) is 11.4 Å². The summed E-state index contributed by atoms with van der Waals surface area (Å²) in [4.78, 5) is 7.57. The van der Waals surface area contributed by atoms with Crippen LogP contribution >= 0.6 is 0 Å². The third-order valence-electron chi connectivity index (χ3n) is 1.98. The first-order valence-corrected chi connectivity index (χ1v) is 4.31. The lowest BCUT2D eigenvalue weighted by Crippen LogP contribution is -2.10. The summed E-state index contributed by atoms with van der Waals surface area (Å²) >= 11 is 0. The molecule has 3 nitrogen and oxygen atoms in total. The predicted octanol–water partition coefficient (Wildman–Crippen LogP) is 2.45. The van der Waals surface area contributed by atoms with Crippen LogP contribution in [0.5, 0.6) is 5.75 Å². The van der Waals surface area contributed by atoms with Crippen LogP contribution in [-0.4, -0.2) is 15.1 Å². The molecule has 0 radical (unpaired) electrons. The van der Waals surface area contributed by atoms with Crippen LogP contribution in [0.4, 0.5) is 8.78 Å². The van der Waals surface area contributed by atoms with Crippen molar-refractivity contribution in [3.63, 3.8) is 0 Å². The molecule has 15 heavy (non-hydrogen) atoms. The van der Waals surface area contributed by atoms with Crippen molar-refractivity contribution in [3.8, 4) is 5.75 Å². The van der Waals surface area contributed by atoms with Gasteiger partial charge in [0.2, 0.25) is 0 Å². The number of nitrogens with zero attached hydrogens (tertiary/aromatic N) is 2. The molecule has 0 spiro atoms. The first-order chi connectivity index (χ1) is 6.97. The number of halogens is 2. The summed E-state index contributed by atoms with van der Waals surface area (Å²) in [6, 6.07) is 4.26. The van der Waals surface area contributed by atoms with Crippen LogP contribution in [0.2, 0.25) is 0 Å². The minimum absolute atomic E-state index is 0.0200. The molecule has 0 saturated heterocycles. The Morgan fingerprint density at radius 2 is 2.00 bits per heavy atom. The monoisotopic (exact) mass is 210 g/mol. The Bertz CT molecular complexity index is 508. The molecular formula is C10H8F2N2O. The zero-order chi connectivity index (χ0) is 11.1. The SMILES string of the molecule is CC(F)(F)c1cnc2ccc(O)cc2n1. The molecule has 1 aromatic heterocycles. The Hall–Kier alpha value is -1.78. The highest BCUT2D eigenvalue weighted by molar-refractivity contribution is 5.75. The quantitative estimate of drug-likeness (QED) is 0.786. The van der Waals surface area contributed by atoms with E-state index in [0.717, 1.165) is 13.1 Å². The van der Waals surface area contributed by atoms with Gasteiger partial charge in [-0.15, -0.1) is 0 Å². The minimum atomic E-state index is -3.02. The molecule has 0 fully saturated rings. The molecule has 2 aromatic rings. The fourth-order valence-corrected chi connectivity index (χ4v) is 1.21. The number of alkyl halides is 2. The summed E-state index contributed by atoms with van der Waals surface area (Å²) in [6.07, 6.45) is 1.04. The Morgan fingerprint density at radius 3 is 2.67 bits per heavy atom. The van der Waals surface area contributed by atoms with Crippen LogP contribution in [0.1, 0.15) is 12.6 Å². The number of rotatable bonds is 1. The number of hydrogen-bond acceptors (Lipinski definition) is 3. The lowest BCUT2D eigenvalue weighted by molar-refractivity contribution is 0.0127. The Balaban J connectivity index is 2.64. The second-order valence-electron chi connectivity index (χ2n) is 3.32. The number of fused-ring (bicyclic) bond motifs is 1. The van der Waals surface area contributed by atoms with E-state index in [1.807, 2.05) is 0 Å². The minimum Gasteiger partial charge on any atom is -0.508 e. The fraction of sp³-hybridized carbons (Fsp3) is 0.200. The highest BCUT2D eigenvalue weighted by Crippen LogP contribution is 2.26. The van der Waals surface area contributed by atoms with E-state index in [1.54, 1.807) is 0 Å². The van der Waals surface area contributed by atoms with Gasteiger partial charge in [-0.05, 0) is 12.1 Å². The molecule has 0 aliphatic heterocycles. The highest BCUT2D eigenvalue weighted by Gasteiger charge is 2.26. The summed E-state index contributed by atoms with van der Waals surface area (Å²) in [5.74, 6) is -3.04. The van der Waals surface area contributed by atoms with Crippen LogP contribution in [0, 0.1) is 0 Å². The maximum absolute atomic E-state index is 12.9. The summed E-state index contributed by atoms with van der Waals surface area (Å²) in [6.45, 7) is 0.756. The van der Waals surface area contributed by atoms with E-state index in [4.69, 9.17) is 5.11 Å². The Kier molecular flexibility index (Phi) is 2.03. The third kappa shape index (κ3) is 1.86. The molecule has 1 N–H and O–H groups in total. The predicted molar refractivity (Wildman–Crippen MR) is 50.8 cm³/mol. The summed E-state index contributed by atoms with van der Waals surface area (Å²) in [5.41, 5.74) is 0.329. The van der Waals surface area contributed by atoms with E-state index >= 15 is 0 Å². The van der Waals surface area contributed by atoms with Crippen LogP contribution < -0.4 is 0 Å². The molecule has 1 heterocycles. The zero-order valence-electron chi connectivity index (χ0n) is 7.91. The molecule has 5 heteroatoms. The van der Waals surface area contributed by atoms with Crippen LogP contribution in [0.3, 0.4) is 0 Å². The van der Waals surface area contributed by atoms with Gasteiger partial charge in [-0.2, -0.15) is 8.78 Å². The third-order valence-corrected chi connectivity index (χ3v) is 1.98. The van der Waals surface area contributed by atoms with Gasteiger partial charge < -0.3 is 5.11 Å². The van der Waals surface area contributed by atoms with Crippen LogP contribution in [-0.2, 0) is 5.92 Å². The second kappa shape index (κ2) is 3.12. The zero-order valence-corrected chi connectivity index (χ0v) is 7.91. The number of phenolic OH excluding ortho intramolecular Hbond substituents is 1. The second-order valence-corrected chi connectivity index (χ2v) is 3.32. The van der Waals surface area contributed by atoms with Crippen molar-refractivity contribution >= 4 is 11.0 Å². The average molecular weight is 210 g/mol. The number of phenols is 1. The van der Waals surface area contributed by atoms with Crippen LogP contribution in [0.15, 0.2) is 24.4 Å². The molecule has 1 aromatic carbocycles. The number of hydrogen-bond donors (Lipinski definition) is 1. The van der Waals surface area contributed by atoms with Crippen molar-refractivity contribution in [2.75, 3.05) is 0 Å². The van der Waals surface area contributed by atoms with E-state index in [9.17, 15) is 8.78 Å². The molecule has 2 rings (SSSR count). The van der Waals surface area contributed by atoms with Crippen molar-refractivity contribution in [2.45, 2.75) is 12.8 Å². The Morgan fingerprint density at radius 1 is 1.27 bits per heavy atom. The topological polar surface area (TPSA) is 46.0 Å². The van der Waals surface area contributed by atoms with Crippen molar-refractivity contribution in [1.82, 2.24) is 9.97 Å². The van der Waals surface area contributed by atoms with Gasteiger partial charge in [0, 0.05) is 13.0 Å². The normalized spacial score (nSPS) is 11.9. The highest BCUT2D eigenvalue weighted by atomic mass is 19.3. The molecule has 0 atom stereocenters. The van der Waals surface area contributed by atoms with Gasteiger partial charge in [-0.1, -0.05) is 0 Å². The average Bonchev–Trinajstić information content (AvgIpc) is 2.15. The fourth-order valence-electron chi connectivity index (χ4n) is 1.21. The van der Waals surface area contributed by atoms with E-state index in [-0.39, 0.29) is 11.3 Å². The summed E-state index contributed by atoms with van der Waals surface area (Å²) in [7, 11) is 0. The standard InChI is InChI=1S/C10H8F2N2O/c1-10(11,12)9-5-13-7-3-2-6(15)4-8(7)14-9/h2-5,15H,1H3. The first kappa shape index (κ1) is 9.76. The van der Waals surface area contributed by atoms with Crippen molar-refractivity contribution in [2.24, 2.45) is 0 Å². The molecule has 78 valence electrons. The first-order valence-electron chi connectivity index (χ1n) is 4.31. The largest absolute Gasteiger partial charge is 0.508 e. The summed E-state index contributed by atoms with van der Waals surface area (Å²) < 4.78 is 25.8. The van der Waals surface area contributed by atoms with Gasteiger partial charge >= 0.3 is 0 Å². The molecule has 0 saturated carbocycles. The molecule has 0 aliphatic rings. The number of benzene rings is 1. The molecule has 0 amide bonds. The van der Waals surface area contributed by atoms with Crippen molar-refractivity contribution in [1.29, 1.82) is 0 Å². The van der Waals surface area contributed by atoms with E-state index in [2.05, 4.69) is 9.97 Å². The van der Waals surface area contributed by atoms with E-state index in [0.29, 0.717) is 5.52 Å². The van der Waals surface area contributed by atoms with Gasteiger partial charge in [-0.3, -0.25) is 4.98 Å². The maximum Gasteiger partial charge on any atom is 0.288 e. The van der Waals surface area contributed by atoms with Gasteiger partial charge in [-0.25, -0.2) is 4.98 Å². The Labute approximate surface area is 84.4 Å². The molecular weight excluding hydrogens is 202 g/mol.